The van der Waals surface area contributed by atoms with Crippen LogP contribution in [-0.4, -0.2) is 26.2 Å². The Hall–Kier alpha value is -0.730. The van der Waals surface area contributed by atoms with E-state index in [9.17, 15) is 0 Å². The highest BCUT2D eigenvalue weighted by Gasteiger charge is 2.30. The maximum absolute atomic E-state index is 6.24. The molecule has 1 heterocycles. The number of rotatable bonds is 3. The first-order chi connectivity index (χ1) is 7.74. The highest BCUT2D eigenvalue weighted by Crippen LogP contribution is 2.33. The van der Waals surface area contributed by atoms with Gasteiger partial charge in [-0.1, -0.05) is 23.7 Å². The molecule has 0 spiro atoms. The molecule has 0 radical (unpaired) electrons. The second kappa shape index (κ2) is 5.07. The fourth-order valence-corrected chi connectivity index (χ4v) is 2.81. The molecule has 2 nitrogen and oxygen atoms in total. The molecule has 2 rings (SSSR count). The Balaban J connectivity index is 2.15. The topological polar surface area (TPSA) is 15.3 Å². The number of hydrogen-bond donors (Lipinski definition) is 1. The van der Waals surface area contributed by atoms with Gasteiger partial charge in [-0.05, 0) is 45.0 Å². The molecule has 16 heavy (non-hydrogen) atoms. The van der Waals surface area contributed by atoms with Crippen molar-refractivity contribution in [2.45, 2.75) is 19.4 Å². The Kier molecular flexibility index (Phi) is 3.72. The van der Waals surface area contributed by atoms with Crippen molar-refractivity contribution in [2.75, 3.05) is 25.0 Å². The quantitative estimate of drug-likeness (QED) is 0.871. The molecule has 1 fully saturated rings. The van der Waals surface area contributed by atoms with Crippen molar-refractivity contribution in [2.24, 2.45) is 5.92 Å². The summed E-state index contributed by atoms with van der Waals surface area (Å²) in [5, 5.41) is 4.13. The Morgan fingerprint density at radius 3 is 2.88 bits per heavy atom. The molecular formula is C13H19ClN2. The second-order valence-electron chi connectivity index (χ2n) is 4.49. The predicted molar refractivity (Wildman–Crippen MR) is 70.3 cm³/mol. The van der Waals surface area contributed by atoms with Crippen LogP contribution in [0, 0.1) is 5.92 Å². The summed E-state index contributed by atoms with van der Waals surface area (Å²) >= 11 is 6.24. The SMILES string of the molecule is CNCC1CCN(c2ccccc2Cl)C1C. The molecule has 1 aliphatic rings. The van der Waals surface area contributed by atoms with Gasteiger partial charge in [-0.15, -0.1) is 0 Å². The van der Waals surface area contributed by atoms with E-state index in [1.54, 1.807) is 0 Å². The Morgan fingerprint density at radius 1 is 1.44 bits per heavy atom. The highest BCUT2D eigenvalue weighted by atomic mass is 35.5. The summed E-state index contributed by atoms with van der Waals surface area (Å²) < 4.78 is 0. The maximum Gasteiger partial charge on any atom is 0.0639 e. The minimum absolute atomic E-state index is 0.562. The molecule has 1 aliphatic heterocycles. The van der Waals surface area contributed by atoms with Crippen molar-refractivity contribution in [1.82, 2.24) is 5.32 Å². The van der Waals surface area contributed by atoms with Gasteiger partial charge in [-0.25, -0.2) is 0 Å². The molecule has 3 heteroatoms. The molecule has 1 saturated heterocycles. The fraction of sp³-hybridized carbons (Fsp3) is 0.538. The molecule has 1 N–H and O–H groups in total. The van der Waals surface area contributed by atoms with Crippen LogP contribution in [0.25, 0.3) is 0 Å². The summed E-state index contributed by atoms with van der Waals surface area (Å²) in [5.74, 6) is 0.723. The Labute approximate surface area is 103 Å². The number of anilines is 1. The van der Waals surface area contributed by atoms with E-state index in [-0.39, 0.29) is 0 Å². The van der Waals surface area contributed by atoms with Gasteiger partial charge in [0.05, 0.1) is 10.7 Å². The summed E-state index contributed by atoms with van der Waals surface area (Å²) in [6, 6.07) is 8.68. The van der Waals surface area contributed by atoms with Crippen LogP contribution in [0.2, 0.25) is 5.02 Å². The standard InChI is InChI=1S/C13H19ClN2/c1-10-11(9-15-2)7-8-16(10)13-6-4-3-5-12(13)14/h3-6,10-11,15H,7-9H2,1-2H3. The first kappa shape index (κ1) is 11.7. The zero-order chi connectivity index (χ0) is 11.5. The smallest absolute Gasteiger partial charge is 0.0639 e. The molecule has 1 aromatic rings. The molecule has 2 unspecified atom stereocenters. The van der Waals surface area contributed by atoms with Gasteiger partial charge >= 0.3 is 0 Å². The number of para-hydroxylation sites is 1. The minimum atomic E-state index is 0.562. The molecule has 0 bridgehead atoms. The monoisotopic (exact) mass is 238 g/mol. The van der Waals surface area contributed by atoms with Crippen LogP contribution < -0.4 is 10.2 Å². The van der Waals surface area contributed by atoms with Gasteiger partial charge < -0.3 is 10.2 Å². The third kappa shape index (κ3) is 2.18. The van der Waals surface area contributed by atoms with Gasteiger partial charge in [0.15, 0.2) is 0 Å². The van der Waals surface area contributed by atoms with E-state index in [1.165, 1.54) is 12.1 Å². The number of nitrogens with zero attached hydrogens (tertiary/aromatic N) is 1. The van der Waals surface area contributed by atoms with E-state index < -0.39 is 0 Å². The summed E-state index contributed by atoms with van der Waals surface area (Å²) in [6.45, 7) is 4.48. The Morgan fingerprint density at radius 2 is 2.19 bits per heavy atom. The molecule has 0 amide bonds. The number of halogens is 1. The van der Waals surface area contributed by atoms with Gasteiger partial charge in [-0.2, -0.15) is 0 Å². The normalized spacial score (nSPS) is 25.1. The molecule has 1 aromatic carbocycles. The lowest BCUT2D eigenvalue weighted by Gasteiger charge is -2.27. The highest BCUT2D eigenvalue weighted by molar-refractivity contribution is 6.33. The van der Waals surface area contributed by atoms with E-state index in [4.69, 9.17) is 11.6 Å². The number of hydrogen-bond acceptors (Lipinski definition) is 2. The van der Waals surface area contributed by atoms with Gasteiger partial charge in [0, 0.05) is 12.6 Å². The van der Waals surface area contributed by atoms with Gasteiger partial charge in [0.25, 0.3) is 0 Å². The van der Waals surface area contributed by atoms with Crippen LogP contribution in [0.3, 0.4) is 0 Å². The zero-order valence-electron chi connectivity index (χ0n) is 9.91. The largest absolute Gasteiger partial charge is 0.367 e. The van der Waals surface area contributed by atoms with Crippen LogP contribution in [0.15, 0.2) is 24.3 Å². The van der Waals surface area contributed by atoms with Crippen molar-refractivity contribution in [3.63, 3.8) is 0 Å². The first-order valence-electron chi connectivity index (χ1n) is 5.90. The second-order valence-corrected chi connectivity index (χ2v) is 4.90. The van der Waals surface area contributed by atoms with Crippen LogP contribution in [0.1, 0.15) is 13.3 Å². The predicted octanol–water partition coefficient (Wildman–Crippen LogP) is 2.77. The lowest BCUT2D eigenvalue weighted by atomic mass is 10.0. The molecule has 0 aromatic heterocycles. The van der Waals surface area contributed by atoms with Crippen LogP contribution in [0.4, 0.5) is 5.69 Å². The molecular weight excluding hydrogens is 220 g/mol. The number of nitrogens with one attached hydrogen (secondary N) is 1. The molecule has 0 aliphatic carbocycles. The third-order valence-electron chi connectivity index (χ3n) is 3.54. The third-order valence-corrected chi connectivity index (χ3v) is 3.86. The Bertz CT molecular complexity index is 354. The first-order valence-corrected chi connectivity index (χ1v) is 6.27. The van der Waals surface area contributed by atoms with Gasteiger partial charge in [-0.3, -0.25) is 0 Å². The van der Waals surface area contributed by atoms with E-state index in [1.807, 2.05) is 19.2 Å². The summed E-state index contributed by atoms with van der Waals surface area (Å²) in [6.07, 6.45) is 1.24. The molecule has 2 atom stereocenters. The summed E-state index contributed by atoms with van der Waals surface area (Å²) in [4.78, 5) is 2.42. The molecule has 0 saturated carbocycles. The average Bonchev–Trinajstić information content (AvgIpc) is 2.62. The van der Waals surface area contributed by atoms with E-state index in [0.29, 0.717) is 6.04 Å². The van der Waals surface area contributed by atoms with Crippen molar-refractivity contribution >= 4 is 17.3 Å². The van der Waals surface area contributed by atoms with Crippen molar-refractivity contribution in [3.05, 3.63) is 29.3 Å². The van der Waals surface area contributed by atoms with Gasteiger partial charge in [0.1, 0.15) is 0 Å². The average molecular weight is 239 g/mol. The van der Waals surface area contributed by atoms with E-state index in [2.05, 4.69) is 29.3 Å². The van der Waals surface area contributed by atoms with Crippen LogP contribution in [0.5, 0.6) is 0 Å². The van der Waals surface area contributed by atoms with E-state index in [0.717, 1.165) is 24.0 Å². The lowest BCUT2D eigenvalue weighted by molar-refractivity contribution is 0.474. The van der Waals surface area contributed by atoms with Crippen molar-refractivity contribution < 1.29 is 0 Å². The van der Waals surface area contributed by atoms with Crippen molar-refractivity contribution in [3.8, 4) is 0 Å². The maximum atomic E-state index is 6.24. The van der Waals surface area contributed by atoms with Crippen LogP contribution in [-0.2, 0) is 0 Å². The minimum Gasteiger partial charge on any atom is -0.367 e. The molecule has 88 valence electrons. The summed E-state index contributed by atoms with van der Waals surface area (Å²) in [5.41, 5.74) is 1.18. The fourth-order valence-electron chi connectivity index (χ4n) is 2.56. The van der Waals surface area contributed by atoms with E-state index >= 15 is 0 Å². The van der Waals surface area contributed by atoms with Crippen molar-refractivity contribution in [1.29, 1.82) is 0 Å². The summed E-state index contributed by atoms with van der Waals surface area (Å²) in [7, 11) is 2.02. The van der Waals surface area contributed by atoms with Crippen LogP contribution >= 0.6 is 11.6 Å². The lowest BCUT2D eigenvalue weighted by Crippen LogP contribution is -2.33. The zero-order valence-corrected chi connectivity index (χ0v) is 10.7. The number of benzene rings is 1. The van der Waals surface area contributed by atoms with Gasteiger partial charge in [0.2, 0.25) is 0 Å².